The van der Waals surface area contributed by atoms with Gasteiger partial charge in [-0.2, -0.15) is 0 Å². The molecule has 0 aromatic heterocycles. The van der Waals surface area contributed by atoms with E-state index in [-0.39, 0.29) is 12.2 Å². The molecule has 1 fully saturated rings. The highest BCUT2D eigenvalue weighted by Gasteiger charge is 2.29. The Bertz CT molecular complexity index is 86.5. The first-order valence-electron chi connectivity index (χ1n) is 2.75. The molecule has 0 unspecified atom stereocenters. The monoisotopic (exact) mass is 114 g/mol. The van der Waals surface area contributed by atoms with Gasteiger partial charge in [-0.25, -0.2) is 0 Å². The van der Waals surface area contributed by atoms with E-state index in [9.17, 15) is 0 Å². The molecule has 0 aromatic rings. The smallest absolute Gasteiger partial charge is 0.107 e. The van der Waals surface area contributed by atoms with Crippen molar-refractivity contribution in [1.29, 1.82) is 0 Å². The summed E-state index contributed by atoms with van der Waals surface area (Å²) in [6.45, 7) is 4.21. The van der Waals surface area contributed by atoms with Crippen molar-refractivity contribution in [3.8, 4) is 0 Å². The van der Waals surface area contributed by atoms with E-state index in [1.165, 1.54) is 0 Å². The van der Waals surface area contributed by atoms with Gasteiger partial charge in [-0.15, -0.1) is 6.58 Å². The zero-order valence-electron chi connectivity index (χ0n) is 4.71. The Morgan fingerprint density at radius 1 is 2.00 bits per heavy atom. The second-order valence-electron chi connectivity index (χ2n) is 1.96. The average molecular weight is 114 g/mol. The largest absolute Gasteiger partial charge is 0.390 e. The molecule has 1 saturated heterocycles. The average Bonchev–Trinajstić information content (AvgIpc) is 2.45. The van der Waals surface area contributed by atoms with Gasteiger partial charge in [0.2, 0.25) is 0 Å². The molecule has 1 rings (SSSR count). The van der Waals surface area contributed by atoms with Crippen LogP contribution in [-0.2, 0) is 4.74 Å². The van der Waals surface area contributed by atoms with Crippen molar-refractivity contribution in [3.63, 3.8) is 0 Å². The molecule has 8 heavy (non-hydrogen) atoms. The van der Waals surface area contributed by atoms with Gasteiger partial charge in [0.1, 0.15) is 6.10 Å². The van der Waals surface area contributed by atoms with Crippen LogP contribution in [0.15, 0.2) is 12.7 Å². The number of rotatable bonds is 3. The number of aliphatic hydroxyl groups excluding tert-OH is 1. The number of ether oxygens (including phenoxy) is 1. The molecule has 0 bridgehead atoms. The second kappa shape index (κ2) is 2.29. The maximum atomic E-state index is 8.99. The summed E-state index contributed by atoms with van der Waals surface area (Å²) < 4.78 is 4.83. The molecule has 1 heterocycles. The van der Waals surface area contributed by atoms with Crippen molar-refractivity contribution < 1.29 is 9.84 Å². The first-order chi connectivity index (χ1) is 3.84. The third kappa shape index (κ3) is 1.32. The number of aliphatic hydroxyl groups is 1. The predicted octanol–water partition coefficient (Wildman–Crippen LogP) is 0.322. The molecule has 0 aromatic carbocycles. The van der Waals surface area contributed by atoms with Crippen LogP contribution < -0.4 is 0 Å². The van der Waals surface area contributed by atoms with E-state index in [2.05, 4.69) is 6.58 Å². The van der Waals surface area contributed by atoms with Gasteiger partial charge in [0.25, 0.3) is 0 Å². The molecule has 2 atom stereocenters. The number of epoxide rings is 1. The van der Waals surface area contributed by atoms with Crippen LogP contribution >= 0.6 is 0 Å². The molecular formula is C6H10O2. The summed E-state index contributed by atoms with van der Waals surface area (Å²) in [7, 11) is 0. The summed E-state index contributed by atoms with van der Waals surface area (Å²) in [4.78, 5) is 0. The van der Waals surface area contributed by atoms with Crippen LogP contribution in [0.1, 0.15) is 6.42 Å². The Balaban J connectivity index is 2.12. The van der Waals surface area contributed by atoms with E-state index in [1.807, 2.05) is 0 Å². The molecule has 1 aliphatic rings. The van der Waals surface area contributed by atoms with Crippen molar-refractivity contribution in [3.05, 3.63) is 12.7 Å². The Labute approximate surface area is 48.8 Å². The zero-order chi connectivity index (χ0) is 5.98. The van der Waals surface area contributed by atoms with Crippen LogP contribution in [0, 0.1) is 0 Å². The highest BCUT2D eigenvalue weighted by Crippen LogP contribution is 2.15. The lowest BCUT2D eigenvalue weighted by atomic mass is 10.2. The maximum absolute atomic E-state index is 8.99. The Morgan fingerprint density at radius 2 is 2.62 bits per heavy atom. The lowest BCUT2D eigenvalue weighted by Crippen LogP contribution is -2.12. The van der Waals surface area contributed by atoms with Crippen LogP contribution in [0.4, 0.5) is 0 Å². The Hall–Kier alpha value is -0.340. The highest BCUT2D eigenvalue weighted by molar-refractivity contribution is 4.83. The van der Waals surface area contributed by atoms with Gasteiger partial charge < -0.3 is 9.84 Å². The van der Waals surface area contributed by atoms with Crippen LogP contribution in [0.2, 0.25) is 0 Å². The molecule has 0 amide bonds. The standard InChI is InChI=1S/C6H10O2/c1-2-3-5(7)6-4-8-6/h2,5-7H,1,3-4H2/t5-,6+/m0/s1. The van der Waals surface area contributed by atoms with Crippen molar-refractivity contribution in [2.45, 2.75) is 18.6 Å². The van der Waals surface area contributed by atoms with E-state index in [4.69, 9.17) is 9.84 Å². The van der Waals surface area contributed by atoms with Crippen molar-refractivity contribution in [1.82, 2.24) is 0 Å². The fourth-order valence-corrected chi connectivity index (χ4v) is 0.600. The third-order valence-electron chi connectivity index (χ3n) is 1.20. The molecule has 46 valence electrons. The first kappa shape index (κ1) is 5.79. The van der Waals surface area contributed by atoms with Gasteiger partial charge in [-0.3, -0.25) is 0 Å². The van der Waals surface area contributed by atoms with Gasteiger partial charge in [0.15, 0.2) is 0 Å². The summed E-state index contributed by atoms with van der Waals surface area (Å²) >= 11 is 0. The predicted molar refractivity (Wildman–Crippen MR) is 30.6 cm³/mol. The Morgan fingerprint density at radius 3 is 3.00 bits per heavy atom. The number of hydrogen-bond acceptors (Lipinski definition) is 2. The highest BCUT2D eigenvalue weighted by atomic mass is 16.6. The fourth-order valence-electron chi connectivity index (χ4n) is 0.600. The van der Waals surface area contributed by atoms with Gasteiger partial charge in [-0.05, 0) is 6.42 Å². The summed E-state index contributed by atoms with van der Waals surface area (Å²) in [6.07, 6.45) is 2.14. The minimum absolute atomic E-state index is 0.105. The van der Waals surface area contributed by atoms with E-state index in [1.54, 1.807) is 6.08 Å². The van der Waals surface area contributed by atoms with E-state index < -0.39 is 0 Å². The van der Waals surface area contributed by atoms with Gasteiger partial charge >= 0.3 is 0 Å². The molecular weight excluding hydrogens is 104 g/mol. The van der Waals surface area contributed by atoms with Crippen molar-refractivity contribution >= 4 is 0 Å². The van der Waals surface area contributed by atoms with E-state index >= 15 is 0 Å². The van der Waals surface area contributed by atoms with E-state index in [0.717, 1.165) is 6.61 Å². The SMILES string of the molecule is C=CC[C@H](O)[C@H]1CO1. The van der Waals surface area contributed by atoms with Gasteiger partial charge in [-0.1, -0.05) is 6.08 Å². The lowest BCUT2D eigenvalue weighted by Gasteiger charge is -1.99. The molecule has 1 N–H and O–H groups in total. The minimum Gasteiger partial charge on any atom is -0.390 e. The third-order valence-corrected chi connectivity index (χ3v) is 1.20. The molecule has 2 heteroatoms. The normalized spacial score (nSPS) is 29.4. The summed E-state index contributed by atoms with van der Waals surface area (Å²) in [5, 5.41) is 8.99. The van der Waals surface area contributed by atoms with Crippen LogP contribution in [0.5, 0.6) is 0 Å². The summed E-state index contributed by atoms with van der Waals surface area (Å²) in [5.74, 6) is 0. The van der Waals surface area contributed by atoms with Crippen molar-refractivity contribution in [2.24, 2.45) is 0 Å². The van der Waals surface area contributed by atoms with Crippen LogP contribution in [0.3, 0.4) is 0 Å². The summed E-state index contributed by atoms with van der Waals surface area (Å²) in [6, 6.07) is 0. The van der Waals surface area contributed by atoms with Crippen molar-refractivity contribution in [2.75, 3.05) is 6.61 Å². The molecule has 0 aliphatic carbocycles. The minimum atomic E-state index is -0.313. The molecule has 0 radical (unpaired) electrons. The van der Waals surface area contributed by atoms with Crippen LogP contribution in [-0.4, -0.2) is 23.9 Å². The lowest BCUT2D eigenvalue weighted by molar-refractivity contribution is 0.138. The number of hydrogen-bond donors (Lipinski definition) is 1. The molecule has 1 aliphatic heterocycles. The first-order valence-corrected chi connectivity index (χ1v) is 2.75. The molecule has 2 nitrogen and oxygen atoms in total. The molecule has 0 saturated carbocycles. The van der Waals surface area contributed by atoms with E-state index in [0.29, 0.717) is 6.42 Å². The quantitative estimate of drug-likeness (QED) is 0.423. The fraction of sp³-hybridized carbons (Fsp3) is 0.667. The maximum Gasteiger partial charge on any atom is 0.107 e. The molecule has 0 spiro atoms. The summed E-state index contributed by atoms with van der Waals surface area (Å²) in [5.41, 5.74) is 0. The van der Waals surface area contributed by atoms with Gasteiger partial charge in [0.05, 0.1) is 12.7 Å². The van der Waals surface area contributed by atoms with Gasteiger partial charge in [0, 0.05) is 0 Å². The van der Waals surface area contributed by atoms with Crippen LogP contribution in [0.25, 0.3) is 0 Å². The zero-order valence-corrected chi connectivity index (χ0v) is 4.71. The second-order valence-corrected chi connectivity index (χ2v) is 1.96. The Kier molecular flexibility index (Phi) is 1.65. The topological polar surface area (TPSA) is 32.8 Å².